The Bertz CT molecular complexity index is 511. The van der Waals surface area contributed by atoms with Gasteiger partial charge in [-0.05, 0) is 12.8 Å². The molecule has 1 heterocycles. The van der Waals surface area contributed by atoms with Crippen molar-refractivity contribution in [2.24, 2.45) is 0 Å². The summed E-state index contributed by atoms with van der Waals surface area (Å²) >= 11 is 22.1. The smallest absolute Gasteiger partial charge is 0.343 e. The second-order valence-electron chi connectivity index (χ2n) is 5.81. The number of nitrogens with one attached hydrogen (secondary N) is 2. The fraction of sp³-hybridized carbons (Fsp3) is 1.00. The average molecular weight is 540 g/mol. The Kier molecular flexibility index (Phi) is 18.7. The number of aliphatic hydroxyl groups excluding tert-OH is 1. The molecule has 2 atom stereocenters. The van der Waals surface area contributed by atoms with Crippen LogP contribution in [0.4, 0.5) is 0 Å². The summed E-state index contributed by atoms with van der Waals surface area (Å²) in [5, 5.41) is 14.0. The van der Waals surface area contributed by atoms with Crippen LogP contribution < -0.4 is 10.2 Å². The SMILES string of the molecule is O=P(O)(NCCCl)N(CCCl)CCCO.O=P1(NCCCl)OCCCN1CCCl. The van der Waals surface area contributed by atoms with Crippen molar-refractivity contribution >= 4 is 61.7 Å². The second-order valence-corrected chi connectivity index (χ2v) is 11.5. The van der Waals surface area contributed by atoms with Crippen LogP contribution in [-0.2, 0) is 13.7 Å². The highest BCUT2D eigenvalue weighted by Crippen LogP contribution is 2.48. The zero-order valence-electron chi connectivity index (χ0n) is 16.3. The van der Waals surface area contributed by atoms with Crippen LogP contribution >= 0.6 is 61.7 Å². The summed E-state index contributed by atoms with van der Waals surface area (Å²) in [6, 6.07) is 0. The molecule has 1 rings (SSSR count). The van der Waals surface area contributed by atoms with Gasteiger partial charge in [-0.1, -0.05) is 0 Å². The predicted octanol–water partition coefficient (Wildman–Crippen LogP) is 2.72. The van der Waals surface area contributed by atoms with Crippen LogP contribution in [0.2, 0.25) is 0 Å². The highest BCUT2D eigenvalue weighted by molar-refractivity contribution is 7.54. The summed E-state index contributed by atoms with van der Waals surface area (Å²) in [5.74, 6) is 1.40. The number of rotatable bonds is 14. The first-order chi connectivity index (χ1) is 13.8. The van der Waals surface area contributed by atoms with Gasteiger partial charge in [0.1, 0.15) is 0 Å². The maximum atomic E-state index is 12.2. The van der Waals surface area contributed by atoms with Crippen molar-refractivity contribution in [1.82, 2.24) is 19.5 Å². The van der Waals surface area contributed by atoms with Crippen molar-refractivity contribution in [2.75, 3.05) is 76.0 Å². The lowest BCUT2D eigenvalue weighted by Gasteiger charge is -2.34. The highest BCUT2D eigenvalue weighted by atomic mass is 35.5. The molecule has 0 radical (unpaired) electrons. The van der Waals surface area contributed by atoms with E-state index < -0.39 is 15.3 Å². The minimum atomic E-state index is -3.56. The molecule has 29 heavy (non-hydrogen) atoms. The molecule has 1 aliphatic rings. The molecule has 0 aromatic heterocycles. The maximum Gasteiger partial charge on any atom is 0.343 e. The summed E-state index contributed by atoms with van der Waals surface area (Å²) in [7, 11) is -6.40. The number of halogens is 4. The second kappa shape index (κ2) is 17.8. The largest absolute Gasteiger partial charge is 0.396 e. The molecule has 0 aromatic rings. The quantitative estimate of drug-likeness (QED) is 0.195. The van der Waals surface area contributed by atoms with Crippen LogP contribution in [0.15, 0.2) is 0 Å². The van der Waals surface area contributed by atoms with E-state index in [0.29, 0.717) is 51.0 Å². The van der Waals surface area contributed by atoms with E-state index >= 15 is 0 Å². The van der Waals surface area contributed by atoms with Crippen molar-refractivity contribution in [3.63, 3.8) is 0 Å². The van der Waals surface area contributed by atoms with E-state index in [9.17, 15) is 14.0 Å². The van der Waals surface area contributed by atoms with Gasteiger partial charge in [-0.3, -0.25) is 9.13 Å². The van der Waals surface area contributed by atoms with Gasteiger partial charge in [0.05, 0.1) is 6.61 Å². The molecule has 0 saturated carbocycles. The van der Waals surface area contributed by atoms with Crippen molar-refractivity contribution in [3.05, 3.63) is 0 Å². The molecule has 0 aliphatic carbocycles. The lowest BCUT2D eigenvalue weighted by Crippen LogP contribution is -2.36. The molecule has 4 N–H and O–H groups in total. The van der Waals surface area contributed by atoms with Crippen LogP contribution in [0, 0.1) is 0 Å². The highest BCUT2D eigenvalue weighted by Gasteiger charge is 2.33. The Hall–Kier alpha value is 1.34. The summed E-state index contributed by atoms with van der Waals surface area (Å²) in [6.45, 7) is 3.22. The third-order valence-electron chi connectivity index (χ3n) is 3.66. The zero-order chi connectivity index (χ0) is 22.2. The molecule has 1 aliphatic heterocycles. The molecule has 2 unspecified atom stereocenters. The summed E-state index contributed by atoms with van der Waals surface area (Å²) in [5.41, 5.74) is 0. The summed E-state index contributed by atoms with van der Waals surface area (Å²) < 4.78 is 32.3. The van der Waals surface area contributed by atoms with Gasteiger partial charge in [-0.2, -0.15) is 0 Å². The fourth-order valence-electron chi connectivity index (χ4n) is 2.34. The standard InChI is InChI=1S/C7H17Cl2N2O3P.C7H15Cl2N2O2P/c8-2-4-10-15(13,14)11(6-3-9)5-1-7-12;8-2-4-10-14(12)11(6-3-9)5-1-7-13-14/h12H,1-7H2,(H2,10,13,14);1-7H2,(H,10,12). The first-order valence-electron chi connectivity index (χ1n) is 9.24. The molecule has 0 aromatic carbocycles. The van der Waals surface area contributed by atoms with Gasteiger partial charge >= 0.3 is 15.3 Å². The van der Waals surface area contributed by atoms with Crippen LogP contribution in [-0.4, -0.2) is 95.3 Å². The maximum absolute atomic E-state index is 12.2. The number of nitrogens with zero attached hydrogens (tertiary/aromatic N) is 2. The van der Waals surface area contributed by atoms with Crippen LogP contribution in [0.25, 0.3) is 0 Å². The van der Waals surface area contributed by atoms with Gasteiger partial charge in [0.2, 0.25) is 0 Å². The van der Waals surface area contributed by atoms with Crippen molar-refractivity contribution in [2.45, 2.75) is 12.8 Å². The fourth-order valence-corrected chi connectivity index (χ4v) is 6.82. The molecule has 0 amide bonds. The molecule has 1 saturated heterocycles. The zero-order valence-corrected chi connectivity index (χ0v) is 21.1. The van der Waals surface area contributed by atoms with Gasteiger partial charge in [-0.25, -0.2) is 19.5 Å². The Morgan fingerprint density at radius 1 is 1.10 bits per heavy atom. The number of aliphatic hydroxyl groups is 1. The lowest BCUT2D eigenvalue weighted by molar-refractivity contribution is 0.203. The van der Waals surface area contributed by atoms with Crippen LogP contribution in [0.5, 0.6) is 0 Å². The third kappa shape index (κ3) is 12.8. The van der Waals surface area contributed by atoms with Crippen LogP contribution in [0.1, 0.15) is 12.8 Å². The van der Waals surface area contributed by atoms with E-state index in [-0.39, 0.29) is 24.9 Å². The van der Waals surface area contributed by atoms with Crippen molar-refractivity contribution in [3.8, 4) is 0 Å². The van der Waals surface area contributed by atoms with Crippen LogP contribution in [0.3, 0.4) is 0 Å². The number of alkyl halides is 4. The average Bonchev–Trinajstić information content (AvgIpc) is 2.70. The topological polar surface area (TPSA) is 114 Å². The van der Waals surface area contributed by atoms with Gasteiger partial charge in [0.25, 0.3) is 0 Å². The van der Waals surface area contributed by atoms with E-state index in [2.05, 4.69) is 10.2 Å². The monoisotopic (exact) mass is 538 g/mol. The predicted molar refractivity (Wildman–Crippen MR) is 122 cm³/mol. The number of hydrogen-bond acceptors (Lipinski definition) is 4. The normalized spacial score (nSPS) is 22.2. The Morgan fingerprint density at radius 3 is 2.34 bits per heavy atom. The molecule has 15 heteroatoms. The van der Waals surface area contributed by atoms with E-state index in [1.54, 1.807) is 4.67 Å². The van der Waals surface area contributed by atoms with Gasteiger partial charge in [0.15, 0.2) is 0 Å². The Balaban J connectivity index is 0.000000541. The molecule has 176 valence electrons. The minimum absolute atomic E-state index is 0.0196. The lowest BCUT2D eigenvalue weighted by atomic mass is 10.4. The van der Waals surface area contributed by atoms with Crippen molar-refractivity contribution in [1.29, 1.82) is 0 Å². The molecule has 0 bridgehead atoms. The minimum Gasteiger partial charge on any atom is -0.396 e. The molecule has 9 nitrogen and oxygen atoms in total. The van der Waals surface area contributed by atoms with Gasteiger partial charge < -0.3 is 14.5 Å². The Morgan fingerprint density at radius 2 is 1.79 bits per heavy atom. The molecular formula is C14H32Cl4N4O5P2. The van der Waals surface area contributed by atoms with E-state index in [1.165, 1.54) is 4.67 Å². The van der Waals surface area contributed by atoms with Gasteiger partial charge in [-0.15, -0.1) is 46.4 Å². The van der Waals surface area contributed by atoms with E-state index in [1.807, 2.05) is 0 Å². The molecular weight excluding hydrogens is 508 g/mol. The first-order valence-corrected chi connectivity index (χ1v) is 14.6. The van der Waals surface area contributed by atoms with E-state index in [4.69, 9.17) is 56.0 Å². The Labute approximate surface area is 193 Å². The molecule has 0 spiro atoms. The van der Waals surface area contributed by atoms with E-state index in [0.717, 1.165) is 13.0 Å². The molecule has 1 fully saturated rings. The summed E-state index contributed by atoms with van der Waals surface area (Å²) in [6.07, 6.45) is 1.33. The van der Waals surface area contributed by atoms with Crippen molar-refractivity contribution < 1.29 is 23.7 Å². The first kappa shape index (κ1) is 30.3. The third-order valence-corrected chi connectivity index (χ3v) is 8.48. The number of hydrogen-bond donors (Lipinski definition) is 4. The van der Waals surface area contributed by atoms with Gasteiger partial charge in [0, 0.05) is 69.4 Å². The summed E-state index contributed by atoms with van der Waals surface area (Å²) in [4.78, 5) is 9.63.